The van der Waals surface area contributed by atoms with E-state index in [1.54, 1.807) is 12.4 Å². The van der Waals surface area contributed by atoms with Gasteiger partial charge in [-0.1, -0.05) is 26.5 Å². The average molecular weight is 255 g/mol. The molecule has 0 aliphatic rings. The van der Waals surface area contributed by atoms with E-state index in [-0.39, 0.29) is 11.8 Å². The van der Waals surface area contributed by atoms with Crippen LogP contribution in [-0.2, 0) is 4.79 Å². The van der Waals surface area contributed by atoms with Gasteiger partial charge in [0, 0.05) is 23.5 Å². The summed E-state index contributed by atoms with van der Waals surface area (Å²) in [4.78, 5) is 15.9. The summed E-state index contributed by atoms with van der Waals surface area (Å²) in [6.07, 6.45) is 5.30. The summed E-state index contributed by atoms with van der Waals surface area (Å²) in [5.74, 6) is -0.0289. The Kier molecular flexibility index (Phi) is 3.80. The summed E-state index contributed by atoms with van der Waals surface area (Å²) in [7, 11) is 0. The standard InChI is InChI=1S/C15H17N3O/c1-4-12-9-18(10-16-12)14-7-5-6-13(8-14)17-15(19)11(2)3/h4-11H,1H2,2-3H3,(H,17,19). The van der Waals surface area contributed by atoms with Crippen molar-refractivity contribution in [1.29, 1.82) is 0 Å². The van der Waals surface area contributed by atoms with Gasteiger partial charge in [0.25, 0.3) is 0 Å². The van der Waals surface area contributed by atoms with Crippen LogP contribution in [0.5, 0.6) is 0 Å². The lowest BCUT2D eigenvalue weighted by atomic mass is 10.2. The Morgan fingerprint density at radius 2 is 2.26 bits per heavy atom. The smallest absolute Gasteiger partial charge is 0.226 e. The normalized spacial score (nSPS) is 10.5. The molecule has 1 aromatic carbocycles. The van der Waals surface area contributed by atoms with Crippen LogP contribution in [0, 0.1) is 5.92 Å². The summed E-state index contributed by atoms with van der Waals surface area (Å²) in [5.41, 5.74) is 2.55. The molecule has 1 amide bonds. The van der Waals surface area contributed by atoms with Gasteiger partial charge in [-0.05, 0) is 24.3 Å². The van der Waals surface area contributed by atoms with Crippen molar-refractivity contribution in [3.05, 3.63) is 49.1 Å². The lowest BCUT2D eigenvalue weighted by Gasteiger charge is -2.09. The maximum atomic E-state index is 11.7. The molecule has 2 rings (SSSR count). The van der Waals surface area contributed by atoms with E-state index in [1.807, 2.05) is 48.9 Å². The van der Waals surface area contributed by atoms with Gasteiger partial charge in [0.05, 0.1) is 12.0 Å². The van der Waals surface area contributed by atoms with Crippen LogP contribution in [0.15, 0.2) is 43.4 Å². The van der Waals surface area contributed by atoms with Crippen LogP contribution >= 0.6 is 0 Å². The number of nitrogens with one attached hydrogen (secondary N) is 1. The lowest BCUT2D eigenvalue weighted by molar-refractivity contribution is -0.118. The number of carbonyl (C=O) groups excluding carboxylic acids is 1. The van der Waals surface area contributed by atoms with Crippen molar-refractivity contribution in [3.8, 4) is 5.69 Å². The fourth-order valence-corrected chi connectivity index (χ4v) is 1.62. The fourth-order valence-electron chi connectivity index (χ4n) is 1.62. The molecule has 0 saturated heterocycles. The second-order valence-electron chi connectivity index (χ2n) is 4.60. The molecule has 0 radical (unpaired) electrons. The summed E-state index contributed by atoms with van der Waals surface area (Å²) >= 11 is 0. The molecule has 1 aromatic heterocycles. The minimum atomic E-state index is -0.0377. The van der Waals surface area contributed by atoms with E-state index in [0.717, 1.165) is 17.1 Å². The van der Waals surface area contributed by atoms with E-state index in [1.165, 1.54) is 0 Å². The summed E-state index contributed by atoms with van der Waals surface area (Å²) in [5, 5.41) is 2.88. The van der Waals surface area contributed by atoms with Crippen molar-refractivity contribution in [2.24, 2.45) is 5.92 Å². The summed E-state index contributed by atoms with van der Waals surface area (Å²) < 4.78 is 1.89. The van der Waals surface area contributed by atoms with Gasteiger partial charge in [-0.2, -0.15) is 0 Å². The number of benzene rings is 1. The molecule has 4 heteroatoms. The van der Waals surface area contributed by atoms with Crippen LogP contribution in [0.4, 0.5) is 5.69 Å². The van der Waals surface area contributed by atoms with Crippen molar-refractivity contribution in [2.45, 2.75) is 13.8 Å². The number of hydrogen-bond acceptors (Lipinski definition) is 2. The van der Waals surface area contributed by atoms with Gasteiger partial charge in [0.1, 0.15) is 0 Å². The van der Waals surface area contributed by atoms with Gasteiger partial charge >= 0.3 is 0 Å². The molecule has 0 saturated carbocycles. The van der Waals surface area contributed by atoms with Gasteiger partial charge in [-0.3, -0.25) is 4.79 Å². The van der Waals surface area contributed by atoms with Gasteiger partial charge in [0.15, 0.2) is 0 Å². The lowest BCUT2D eigenvalue weighted by Crippen LogP contribution is -2.17. The molecule has 0 aliphatic carbocycles. The number of rotatable bonds is 4. The average Bonchev–Trinajstić information content (AvgIpc) is 2.87. The number of imidazole rings is 1. The second-order valence-corrected chi connectivity index (χ2v) is 4.60. The first-order valence-electron chi connectivity index (χ1n) is 6.18. The topological polar surface area (TPSA) is 46.9 Å². The maximum Gasteiger partial charge on any atom is 0.226 e. The maximum absolute atomic E-state index is 11.7. The second kappa shape index (κ2) is 5.52. The highest BCUT2D eigenvalue weighted by molar-refractivity contribution is 5.92. The van der Waals surface area contributed by atoms with Gasteiger partial charge in [0.2, 0.25) is 5.91 Å². The van der Waals surface area contributed by atoms with Crippen LogP contribution in [0.3, 0.4) is 0 Å². The van der Waals surface area contributed by atoms with E-state index in [4.69, 9.17) is 0 Å². The highest BCUT2D eigenvalue weighted by Gasteiger charge is 2.07. The van der Waals surface area contributed by atoms with E-state index in [9.17, 15) is 4.79 Å². The monoisotopic (exact) mass is 255 g/mol. The van der Waals surface area contributed by atoms with Crippen LogP contribution in [0.1, 0.15) is 19.5 Å². The van der Waals surface area contributed by atoms with Gasteiger partial charge < -0.3 is 9.88 Å². The van der Waals surface area contributed by atoms with Crippen LogP contribution < -0.4 is 5.32 Å². The van der Waals surface area contributed by atoms with Gasteiger partial charge in [-0.25, -0.2) is 4.98 Å². The molecule has 0 aliphatic heterocycles. The van der Waals surface area contributed by atoms with Crippen molar-refractivity contribution in [2.75, 3.05) is 5.32 Å². The Labute approximate surface area is 112 Å². The first-order valence-corrected chi connectivity index (χ1v) is 6.18. The van der Waals surface area contributed by atoms with Crippen molar-refractivity contribution in [3.63, 3.8) is 0 Å². The summed E-state index contributed by atoms with van der Waals surface area (Å²) in [6, 6.07) is 7.64. The van der Waals surface area contributed by atoms with Crippen molar-refractivity contribution >= 4 is 17.7 Å². The van der Waals surface area contributed by atoms with Crippen LogP contribution in [0.25, 0.3) is 11.8 Å². The Balaban J connectivity index is 2.24. The minimum absolute atomic E-state index is 0.00885. The zero-order chi connectivity index (χ0) is 13.8. The molecule has 0 fully saturated rings. The number of carbonyl (C=O) groups is 1. The largest absolute Gasteiger partial charge is 0.326 e. The third-order valence-corrected chi connectivity index (χ3v) is 2.75. The Hall–Kier alpha value is -2.36. The number of aromatic nitrogens is 2. The molecule has 2 aromatic rings. The molecule has 4 nitrogen and oxygen atoms in total. The van der Waals surface area contributed by atoms with E-state index < -0.39 is 0 Å². The van der Waals surface area contributed by atoms with E-state index in [0.29, 0.717) is 0 Å². The third kappa shape index (κ3) is 3.10. The SMILES string of the molecule is C=Cc1cn(-c2cccc(NC(=O)C(C)C)c2)cn1. The fraction of sp³-hybridized carbons (Fsp3) is 0.200. The molecule has 1 heterocycles. The summed E-state index contributed by atoms with van der Waals surface area (Å²) in [6.45, 7) is 7.41. The first-order chi connectivity index (χ1) is 9.10. The highest BCUT2D eigenvalue weighted by Crippen LogP contribution is 2.16. The Morgan fingerprint density at radius 1 is 1.47 bits per heavy atom. The Bertz CT molecular complexity index is 599. The van der Waals surface area contributed by atoms with Crippen molar-refractivity contribution < 1.29 is 4.79 Å². The van der Waals surface area contributed by atoms with E-state index >= 15 is 0 Å². The van der Waals surface area contributed by atoms with Crippen LogP contribution in [-0.4, -0.2) is 15.5 Å². The first kappa shape index (κ1) is 13.1. The third-order valence-electron chi connectivity index (χ3n) is 2.75. The quantitative estimate of drug-likeness (QED) is 0.912. The molecule has 0 bridgehead atoms. The molecular weight excluding hydrogens is 238 g/mol. The molecule has 0 unspecified atom stereocenters. The predicted octanol–water partition coefficient (Wildman–Crippen LogP) is 3.11. The number of anilines is 1. The minimum Gasteiger partial charge on any atom is -0.326 e. The number of nitrogens with zero attached hydrogens (tertiary/aromatic N) is 2. The van der Waals surface area contributed by atoms with Crippen molar-refractivity contribution in [1.82, 2.24) is 9.55 Å². The zero-order valence-electron chi connectivity index (χ0n) is 11.1. The molecular formula is C15H17N3O. The number of amides is 1. The highest BCUT2D eigenvalue weighted by atomic mass is 16.1. The number of hydrogen-bond donors (Lipinski definition) is 1. The van der Waals surface area contributed by atoms with Gasteiger partial charge in [-0.15, -0.1) is 0 Å². The molecule has 0 spiro atoms. The molecule has 19 heavy (non-hydrogen) atoms. The molecule has 98 valence electrons. The zero-order valence-corrected chi connectivity index (χ0v) is 11.1. The molecule has 0 atom stereocenters. The van der Waals surface area contributed by atoms with Crippen LogP contribution in [0.2, 0.25) is 0 Å². The molecule has 1 N–H and O–H groups in total. The Morgan fingerprint density at radius 3 is 2.89 bits per heavy atom. The predicted molar refractivity (Wildman–Crippen MR) is 77.1 cm³/mol. The van der Waals surface area contributed by atoms with E-state index in [2.05, 4.69) is 16.9 Å².